The fraction of sp³-hybridized carbons (Fsp3) is 0. The molecule has 0 N–H and O–H groups in total. The third-order valence-electron chi connectivity index (χ3n) is 10.3. The van der Waals surface area contributed by atoms with Crippen molar-refractivity contribution in [2.75, 3.05) is 4.90 Å². The maximum Gasteiger partial charge on any atom is 0.0547 e. The van der Waals surface area contributed by atoms with E-state index in [2.05, 4.69) is 216 Å². The second kappa shape index (κ2) is 12.5. The molecule has 1 aromatic heterocycles. The summed E-state index contributed by atoms with van der Waals surface area (Å²) in [5.41, 5.74) is 11.6. The van der Waals surface area contributed by atoms with Gasteiger partial charge in [-0.15, -0.1) is 0 Å². The predicted octanol–water partition coefficient (Wildman–Crippen LogP) is 13.9. The molecule has 0 atom stereocenters. The van der Waals surface area contributed by atoms with Gasteiger partial charge in [0.15, 0.2) is 0 Å². The molecule has 0 aliphatic carbocycles. The molecule has 0 unspecified atom stereocenters. The van der Waals surface area contributed by atoms with Gasteiger partial charge in [0.1, 0.15) is 0 Å². The van der Waals surface area contributed by atoms with Crippen LogP contribution >= 0.6 is 0 Å². The van der Waals surface area contributed by atoms with Gasteiger partial charge in [-0.1, -0.05) is 146 Å². The van der Waals surface area contributed by atoms with E-state index in [1.165, 1.54) is 65.6 Å². The van der Waals surface area contributed by atoms with Gasteiger partial charge in [0.25, 0.3) is 0 Å². The van der Waals surface area contributed by atoms with E-state index in [-0.39, 0.29) is 0 Å². The van der Waals surface area contributed by atoms with Gasteiger partial charge in [-0.25, -0.2) is 0 Å². The van der Waals surface area contributed by atoms with Crippen molar-refractivity contribution in [1.82, 2.24) is 4.57 Å². The van der Waals surface area contributed by atoms with Crippen molar-refractivity contribution in [2.24, 2.45) is 0 Å². The number of rotatable bonds is 6. The highest BCUT2D eigenvalue weighted by atomic mass is 15.1. The van der Waals surface area contributed by atoms with Crippen LogP contribution in [0.25, 0.3) is 71.3 Å². The first kappa shape index (κ1) is 30.0. The lowest BCUT2D eigenvalue weighted by Gasteiger charge is -2.26. The van der Waals surface area contributed by atoms with Gasteiger partial charge in [-0.2, -0.15) is 0 Å². The maximum atomic E-state index is 2.42. The molecule has 0 aliphatic heterocycles. The summed E-state index contributed by atoms with van der Waals surface area (Å²) in [6.07, 6.45) is 0. The highest BCUT2D eigenvalue weighted by Crippen LogP contribution is 2.40. The zero-order valence-electron chi connectivity index (χ0n) is 28.5. The van der Waals surface area contributed by atoms with Crippen molar-refractivity contribution in [3.05, 3.63) is 206 Å². The molecule has 1 heterocycles. The van der Waals surface area contributed by atoms with Crippen LogP contribution in [0.5, 0.6) is 0 Å². The van der Waals surface area contributed by atoms with E-state index >= 15 is 0 Å². The summed E-state index contributed by atoms with van der Waals surface area (Å²) in [4.78, 5) is 2.37. The lowest BCUT2D eigenvalue weighted by molar-refractivity contribution is 1.17. The van der Waals surface area contributed by atoms with E-state index in [4.69, 9.17) is 0 Å². The van der Waals surface area contributed by atoms with E-state index in [1.807, 2.05) is 0 Å². The van der Waals surface area contributed by atoms with Crippen molar-refractivity contribution in [2.45, 2.75) is 0 Å². The fourth-order valence-corrected chi connectivity index (χ4v) is 7.84. The molecule has 2 nitrogen and oxygen atoms in total. The van der Waals surface area contributed by atoms with Crippen molar-refractivity contribution >= 4 is 60.4 Å². The summed E-state index contributed by atoms with van der Waals surface area (Å²) in [5, 5.41) is 7.58. The Morgan fingerprint density at radius 3 is 1.65 bits per heavy atom. The van der Waals surface area contributed by atoms with Crippen LogP contribution in [0.1, 0.15) is 0 Å². The molecule has 0 saturated heterocycles. The van der Waals surface area contributed by atoms with Gasteiger partial charge in [0.05, 0.1) is 11.0 Å². The second-order valence-electron chi connectivity index (χ2n) is 13.4. The predicted molar refractivity (Wildman–Crippen MR) is 221 cm³/mol. The Balaban J connectivity index is 1.12. The third-order valence-corrected chi connectivity index (χ3v) is 10.3. The van der Waals surface area contributed by atoms with Gasteiger partial charge in [-0.3, -0.25) is 0 Å². The molecule has 10 aromatic rings. The van der Waals surface area contributed by atoms with E-state index in [0.29, 0.717) is 0 Å². The molecule has 244 valence electrons. The molecular formula is C50H34N2. The van der Waals surface area contributed by atoms with Crippen LogP contribution in [-0.2, 0) is 0 Å². The van der Waals surface area contributed by atoms with E-state index in [1.54, 1.807) is 0 Å². The first-order valence-electron chi connectivity index (χ1n) is 17.8. The Labute approximate surface area is 303 Å². The molecule has 0 amide bonds. The Morgan fingerprint density at radius 2 is 0.885 bits per heavy atom. The van der Waals surface area contributed by atoms with Crippen LogP contribution in [-0.4, -0.2) is 4.57 Å². The third kappa shape index (κ3) is 5.12. The lowest BCUT2D eigenvalue weighted by atomic mass is 10.0. The molecule has 0 fully saturated rings. The Morgan fingerprint density at radius 1 is 0.308 bits per heavy atom. The van der Waals surface area contributed by atoms with E-state index in [0.717, 1.165) is 22.7 Å². The first-order valence-corrected chi connectivity index (χ1v) is 17.8. The van der Waals surface area contributed by atoms with Crippen molar-refractivity contribution in [3.8, 4) is 27.9 Å². The summed E-state index contributed by atoms with van der Waals surface area (Å²) in [6, 6.07) is 74.7. The summed E-state index contributed by atoms with van der Waals surface area (Å²) in [7, 11) is 0. The molecule has 0 bridgehead atoms. The SMILES string of the molecule is c1ccc(-c2ccc(N(c3ccc(-c4ccc5ccccc5c4)cc3)c3cccc(-n4c5ccccc5c5c6ccccc6ccc54)c3)cc2)cc1. The molecular weight excluding hydrogens is 629 g/mol. The maximum absolute atomic E-state index is 2.42. The zero-order valence-corrected chi connectivity index (χ0v) is 28.5. The molecule has 10 rings (SSSR count). The largest absolute Gasteiger partial charge is 0.310 e. The molecule has 0 saturated carbocycles. The van der Waals surface area contributed by atoms with Crippen LogP contribution < -0.4 is 4.90 Å². The van der Waals surface area contributed by atoms with E-state index < -0.39 is 0 Å². The van der Waals surface area contributed by atoms with Gasteiger partial charge >= 0.3 is 0 Å². The number of benzene rings is 9. The monoisotopic (exact) mass is 662 g/mol. The van der Waals surface area contributed by atoms with Gasteiger partial charge in [-0.05, 0) is 104 Å². The topological polar surface area (TPSA) is 8.17 Å². The number of hydrogen-bond acceptors (Lipinski definition) is 1. The number of para-hydroxylation sites is 1. The minimum Gasteiger partial charge on any atom is -0.310 e. The summed E-state index contributed by atoms with van der Waals surface area (Å²) >= 11 is 0. The van der Waals surface area contributed by atoms with Crippen LogP contribution in [0.4, 0.5) is 17.1 Å². The van der Waals surface area contributed by atoms with Crippen molar-refractivity contribution < 1.29 is 0 Å². The molecule has 52 heavy (non-hydrogen) atoms. The summed E-state index contributed by atoms with van der Waals surface area (Å²) in [6.45, 7) is 0. The number of nitrogens with zero attached hydrogens (tertiary/aromatic N) is 2. The average molecular weight is 663 g/mol. The lowest BCUT2D eigenvalue weighted by Crippen LogP contribution is -2.10. The van der Waals surface area contributed by atoms with E-state index in [9.17, 15) is 0 Å². The molecule has 9 aromatic carbocycles. The number of fused-ring (bicyclic) bond motifs is 6. The molecule has 0 radical (unpaired) electrons. The minimum atomic E-state index is 1.09. The van der Waals surface area contributed by atoms with Crippen LogP contribution in [0.15, 0.2) is 206 Å². The average Bonchev–Trinajstić information content (AvgIpc) is 3.57. The van der Waals surface area contributed by atoms with Gasteiger partial charge in [0.2, 0.25) is 0 Å². The first-order chi connectivity index (χ1) is 25.8. The van der Waals surface area contributed by atoms with Gasteiger partial charge in [0, 0.05) is 33.5 Å². The normalized spacial score (nSPS) is 11.5. The van der Waals surface area contributed by atoms with Gasteiger partial charge < -0.3 is 9.47 Å². The Hall–Kier alpha value is -6.90. The standard InChI is InChI=1S/C50H34N2/c1-2-11-35(12-3-1)37-23-28-42(29-24-37)51(43-30-25-38(26-31-43)41-22-21-36-13-4-5-15-40(36)33-41)44-16-10-17-45(34-44)52-48-20-9-8-19-47(48)50-46-18-7-6-14-39(46)27-32-49(50)52/h1-34H. The second-order valence-corrected chi connectivity index (χ2v) is 13.4. The van der Waals surface area contributed by atoms with Crippen LogP contribution in [0.2, 0.25) is 0 Å². The summed E-state index contributed by atoms with van der Waals surface area (Å²) in [5.74, 6) is 0. The minimum absolute atomic E-state index is 1.09. The smallest absolute Gasteiger partial charge is 0.0547 e. The molecule has 0 aliphatic rings. The number of aromatic nitrogens is 1. The highest BCUT2D eigenvalue weighted by Gasteiger charge is 2.18. The molecule has 2 heteroatoms. The van der Waals surface area contributed by atoms with Crippen LogP contribution in [0.3, 0.4) is 0 Å². The zero-order chi connectivity index (χ0) is 34.4. The highest BCUT2D eigenvalue weighted by molar-refractivity contribution is 6.21. The summed E-state index contributed by atoms with van der Waals surface area (Å²) < 4.78 is 2.42. The quantitative estimate of drug-likeness (QED) is 0.172. The molecule has 0 spiro atoms. The Bertz CT molecular complexity index is 2880. The van der Waals surface area contributed by atoms with Crippen LogP contribution in [0, 0.1) is 0 Å². The fourth-order valence-electron chi connectivity index (χ4n) is 7.84. The van der Waals surface area contributed by atoms with Crippen molar-refractivity contribution in [3.63, 3.8) is 0 Å². The van der Waals surface area contributed by atoms with Crippen molar-refractivity contribution in [1.29, 1.82) is 0 Å². The number of anilines is 3. The number of hydrogen-bond donors (Lipinski definition) is 0. The Kier molecular flexibility index (Phi) is 7.18.